The molecule has 0 N–H and O–H groups in total. The maximum Gasteiger partial charge on any atom is 0.438 e. The highest BCUT2D eigenvalue weighted by molar-refractivity contribution is 6.30. The van der Waals surface area contributed by atoms with Gasteiger partial charge in [0, 0.05) is 10.6 Å². The molecule has 80 valence electrons. The molecular formula is C11H7ClN2O2. The Balaban J connectivity index is 2.42. The van der Waals surface area contributed by atoms with E-state index in [1.54, 1.807) is 24.3 Å². The van der Waals surface area contributed by atoms with Crippen LogP contribution < -0.4 is 5.76 Å². The Morgan fingerprint density at radius 2 is 2.12 bits per heavy atom. The number of nitrogens with zero attached hydrogens (tertiary/aromatic N) is 2. The lowest BCUT2D eigenvalue weighted by Gasteiger charge is -1.93. The molecule has 0 radical (unpaired) electrons. The largest absolute Gasteiger partial charge is 0.438 e. The fourth-order valence-electron chi connectivity index (χ4n) is 1.20. The van der Waals surface area contributed by atoms with E-state index in [2.05, 4.69) is 11.0 Å². The summed E-state index contributed by atoms with van der Waals surface area (Å²) in [4.78, 5) is 11.3. The van der Waals surface area contributed by atoms with Crippen molar-refractivity contribution < 1.29 is 4.42 Å². The summed E-state index contributed by atoms with van der Waals surface area (Å²) in [6.45, 7) is 0.0932. The molecule has 1 heterocycles. The van der Waals surface area contributed by atoms with Crippen LogP contribution in [0.15, 0.2) is 33.5 Å². The zero-order chi connectivity index (χ0) is 11.5. The van der Waals surface area contributed by atoms with Crippen LogP contribution in [0.4, 0.5) is 0 Å². The van der Waals surface area contributed by atoms with Crippen molar-refractivity contribution in [2.24, 2.45) is 0 Å². The number of halogens is 1. The smallest absolute Gasteiger partial charge is 0.388 e. The van der Waals surface area contributed by atoms with Crippen LogP contribution >= 0.6 is 11.6 Å². The van der Waals surface area contributed by atoms with Crippen LogP contribution in [0, 0.1) is 12.3 Å². The predicted octanol–water partition coefficient (Wildman–Crippen LogP) is 1.79. The number of hydrogen-bond acceptors (Lipinski definition) is 3. The van der Waals surface area contributed by atoms with Gasteiger partial charge in [-0.05, 0) is 24.3 Å². The first-order chi connectivity index (χ1) is 7.70. The molecule has 0 saturated heterocycles. The van der Waals surface area contributed by atoms with Crippen molar-refractivity contribution in [3.05, 3.63) is 39.8 Å². The van der Waals surface area contributed by atoms with Crippen molar-refractivity contribution in [2.45, 2.75) is 6.54 Å². The van der Waals surface area contributed by atoms with Gasteiger partial charge in [0.05, 0.1) is 0 Å². The summed E-state index contributed by atoms with van der Waals surface area (Å²) in [7, 11) is 0. The molecule has 0 aliphatic carbocycles. The highest BCUT2D eigenvalue weighted by Crippen LogP contribution is 2.18. The monoisotopic (exact) mass is 234 g/mol. The highest BCUT2D eigenvalue weighted by Gasteiger charge is 2.08. The third-order valence-corrected chi connectivity index (χ3v) is 2.19. The minimum absolute atomic E-state index is 0.0932. The van der Waals surface area contributed by atoms with E-state index in [4.69, 9.17) is 22.4 Å². The average Bonchev–Trinajstić information content (AvgIpc) is 2.62. The normalized spacial score (nSPS) is 10.0. The first-order valence-electron chi connectivity index (χ1n) is 4.48. The summed E-state index contributed by atoms with van der Waals surface area (Å²) >= 11 is 5.74. The van der Waals surface area contributed by atoms with Crippen LogP contribution in [0.2, 0.25) is 5.02 Å². The van der Waals surface area contributed by atoms with Gasteiger partial charge in [0.2, 0.25) is 5.89 Å². The molecule has 1 aromatic carbocycles. The Morgan fingerprint density at radius 1 is 1.44 bits per heavy atom. The highest BCUT2D eigenvalue weighted by atomic mass is 35.5. The van der Waals surface area contributed by atoms with Crippen LogP contribution in [0.5, 0.6) is 0 Å². The third-order valence-electron chi connectivity index (χ3n) is 1.94. The Morgan fingerprint density at radius 3 is 2.75 bits per heavy atom. The predicted molar refractivity (Wildman–Crippen MR) is 60.0 cm³/mol. The third kappa shape index (κ3) is 2.00. The van der Waals surface area contributed by atoms with Gasteiger partial charge in [-0.1, -0.05) is 17.5 Å². The quantitative estimate of drug-likeness (QED) is 0.745. The van der Waals surface area contributed by atoms with Gasteiger partial charge in [0.1, 0.15) is 6.54 Å². The molecule has 0 spiro atoms. The van der Waals surface area contributed by atoms with Crippen LogP contribution in [0.1, 0.15) is 0 Å². The van der Waals surface area contributed by atoms with Gasteiger partial charge >= 0.3 is 5.76 Å². The molecule has 0 bridgehead atoms. The molecule has 1 aromatic heterocycles. The van der Waals surface area contributed by atoms with Crippen LogP contribution in [-0.4, -0.2) is 9.78 Å². The summed E-state index contributed by atoms with van der Waals surface area (Å²) < 4.78 is 6.04. The number of rotatable bonds is 2. The van der Waals surface area contributed by atoms with Crippen molar-refractivity contribution in [3.63, 3.8) is 0 Å². The SMILES string of the molecule is C#CCn1nc(-c2ccc(Cl)cc2)oc1=O. The Bertz CT molecular complexity index is 590. The first kappa shape index (κ1) is 10.5. The standard InChI is InChI=1S/C11H7ClN2O2/c1-2-7-14-11(15)16-10(13-14)8-3-5-9(12)6-4-8/h1,3-6H,7H2. The van der Waals surface area contributed by atoms with Gasteiger partial charge < -0.3 is 4.42 Å². The molecule has 0 aliphatic rings. The molecule has 0 aliphatic heterocycles. The van der Waals surface area contributed by atoms with E-state index in [-0.39, 0.29) is 12.4 Å². The second kappa shape index (κ2) is 4.25. The molecule has 0 saturated carbocycles. The maximum atomic E-state index is 11.3. The molecule has 2 rings (SSSR count). The van der Waals surface area contributed by atoms with Crippen LogP contribution in [-0.2, 0) is 6.54 Å². The number of hydrogen-bond donors (Lipinski definition) is 0. The zero-order valence-electron chi connectivity index (χ0n) is 8.18. The molecule has 4 nitrogen and oxygen atoms in total. The number of benzene rings is 1. The fraction of sp³-hybridized carbons (Fsp3) is 0.0909. The van der Waals surface area contributed by atoms with Crippen molar-refractivity contribution in [1.29, 1.82) is 0 Å². The minimum atomic E-state index is -0.567. The minimum Gasteiger partial charge on any atom is -0.388 e. The molecule has 0 unspecified atom stereocenters. The molecule has 0 atom stereocenters. The maximum absolute atomic E-state index is 11.3. The van der Waals surface area contributed by atoms with E-state index < -0.39 is 5.76 Å². The first-order valence-corrected chi connectivity index (χ1v) is 4.86. The average molecular weight is 235 g/mol. The summed E-state index contributed by atoms with van der Waals surface area (Å²) in [5.41, 5.74) is 0.678. The lowest BCUT2D eigenvalue weighted by atomic mass is 10.2. The van der Waals surface area contributed by atoms with Crippen molar-refractivity contribution >= 4 is 11.6 Å². The van der Waals surface area contributed by atoms with E-state index in [0.29, 0.717) is 10.6 Å². The van der Waals surface area contributed by atoms with Crippen molar-refractivity contribution in [1.82, 2.24) is 9.78 Å². The molecule has 5 heteroatoms. The van der Waals surface area contributed by atoms with E-state index >= 15 is 0 Å². The Labute approximate surface area is 96.5 Å². The molecule has 0 amide bonds. The Hall–Kier alpha value is -1.99. The van der Waals surface area contributed by atoms with E-state index in [1.807, 2.05) is 0 Å². The van der Waals surface area contributed by atoms with Crippen LogP contribution in [0.3, 0.4) is 0 Å². The van der Waals surface area contributed by atoms with Gasteiger partial charge in [-0.25, -0.2) is 4.79 Å². The lowest BCUT2D eigenvalue weighted by Crippen LogP contribution is -2.14. The lowest BCUT2D eigenvalue weighted by molar-refractivity contribution is 0.499. The fourth-order valence-corrected chi connectivity index (χ4v) is 1.33. The molecule has 0 fully saturated rings. The van der Waals surface area contributed by atoms with Gasteiger partial charge in [0.15, 0.2) is 0 Å². The van der Waals surface area contributed by atoms with E-state index in [9.17, 15) is 4.79 Å². The number of terminal acetylenes is 1. The van der Waals surface area contributed by atoms with E-state index in [0.717, 1.165) is 4.68 Å². The van der Waals surface area contributed by atoms with E-state index in [1.165, 1.54) is 0 Å². The summed E-state index contributed by atoms with van der Waals surface area (Å²) in [5.74, 6) is 1.98. The summed E-state index contributed by atoms with van der Waals surface area (Å²) in [6, 6.07) is 6.82. The Kier molecular flexibility index (Phi) is 2.80. The van der Waals surface area contributed by atoms with Crippen LogP contribution in [0.25, 0.3) is 11.5 Å². The zero-order valence-corrected chi connectivity index (χ0v) is 8.94. The van der Waals surface area contributed by atoms with Gasteiger partial charge in [-0.3, -0.25) is 0 Å². The second-order valence-corrected chi connectivity index (χ2v) is 3.48. The summed E-state index contributed by atoms with van der Waals surface area (Å²) in [5, 5.41) is 4.56. The molecule has 16 heavy (non-hydrogen) atoms. The van der Waals surface area contributed by atoms with Gasteiger partial charge in [-0.2, -0.15) is 4.68 Å². The summed E-state index contributed by atoms with van der Waals surface area (Å²) in [6.07, 6.45) is 5.09. The van der Waals surface area contributed by atoms with Crippen molar-refractivity contribution in [3.8, 4) is 23.8 Å². The number of aromatic nitrogens is 2. The molecule has 2 aromatic rings. The second-order valence-electron chi connectivity index (χ2n) is 3.04. The molecular weight excluding hydrogens is 228 g/mol. The van der Waals surface area contributed by atoms with Gasteiger partial charge in [-0.15, -0.1) is 11.5 Å². The van der Waals surface area contributed by atoms with Gasteiger partial charge in [0.25, 0.3) is 0 Å². The van der Waals surface area contributed by atoms with Crippen molar-refractivity contribution in [2.75, 3.05) is 0 Å². The topological polar surface area (TPSA) is 48.0 Å².